The average Bonchev–Trinajstić information content (AvgIpc) is 3.07. The Labute approximate surface area is 187 Å². The molecular weight excluding hydrogens is 400 g/mol. The van der Waals surface area contributed by atoms with Gasteiger partial charge in [-0.3, -0.25) is 4.79 Å². The first-order valence-corrected chi connectivity index (χ1v) is 11.2. The van der Waals surface area contributed by atoms with E-state index < -0.39 is 0 Å². The average molecular weight is 427 g/mol. The van der Waals surface area contributed by atoms with Crippen LogP contribution >= 0.6 is 11.3 Å². The molecule has 4 rings (SSSR count). The van der Waals surface area contributed by atoms with Gasteiger partial charge in [-0.25, -0.2) is 0 Å². The summed E-state index contributed by atoms with van der Waals surface area (Å²) in [6.45, 7) is 6.35. The summed E-state index contributed by atoms with van der Waals surface area (Å²) in [7, 11) is 0. The van der Waals surface area contributed by atoms with E-state index in [1.807, 2.05) is 48.5 Å². The molecule has 0 bridgehead atoms. The van der Waals surface area contributed by atoms with Crippen LogP contribution in [0.3, 0.4) is 0 Å². The molecule has 4 heteroatoms. The summed E-state index contributed by atoms with van der Waals surface area (Å²) < 4.78 is 0. The number of hydrogen-bond acceptors (Lipinski definition) is 3. The van der Waals surface area contributed by atoms with Gasteiger partial charge < -0.3 is 10.6 Å². The molecule has 4 aromatic rings. The van der Waals surface area contributed by atoms with E-state index in [9.17, 15) is 4.79 Å². The van der Waals surface area contributed by atoms with Crippen LogP contribution in [0.15, 0.2) is 84.9 Å². The normalized spacial score (nSPS) is 11.7. The minimum absolute atomic E-state index is 0.0849. The molecule has 0 spiro atoms. The molecule has 0 saturated carbocycles. The standard InChI is InChI=1S/C27H26N2OS/c1-18-12-10-11-17-23(18)28-25(21-13-6-4-7-14-21)24-19(2)20(3)31-27(24)29-26(30)22-15-8-5-9-16-22/h4-17,25,28H,1-3H3,(H,29,30)/t25-/m1/s1. The quantitative estimate of drug-likeness (QED) is 0.344. The van der Waals surface area contributed by atoms with Gasteiger partial charge in [0.2, 0.25) is 0 Å². The van der Waals surface area contributed by atoms with Crippen molar-refractivity contribution < 1.29 is 4.79 Å². The van der Waals surface area contributed by atoms with Crippen molar-refractivity contribution in [1.82, 2.24) is 0 Å². The Balaban J connectivity index is 1.78. The fourth-order valence-corrected chi connectivity index (χ4v) is 4.80. The minimum atomic E-state index is -0.0918. The second kappa shape index (κ2) is 9.19. The van der Waals surface area contributed by atoms with Gasteiger partial charge >= 0.3 is 0 Å². The zero-order chi connectivity index (χ0) is 21.8. The second-order valence-electron chi connectivity index (χ2n) is 7.65. The highest BCUT2D eigenvalue weighted by Crippen LogP contribution is 2.41. The van der Waals surface area contributed by atoms with Gasteiger partial charge in [0, 0.05) is 21.7 Å². The lowest BCUT2D eigenvalue weighted by Gasteiger charge is -2.24. The molecule has 3 aromatic carbocycles. The van der Waals surface area contributed by atoms with Crippen LogP contribution in [0, 0.1) is 20.8 Å². The summed E-state index contributed by atoms with van der Waals surface area (Å²) in [6, 6.07) is 28.0. The predicted octanol–water partition coefficient (Wildman–Crippen LogP) is 7.13. The number of anilines is 2. The number of rotatable bonds is 6. The lowest BCUT2D eigenvalue weighted by molar-refractivity contribution is 0.102. The van der Waals surface area contributed by atoms with Crippen molar-refractivity contribution >= 4 is 27.9 Å². The van der Waals surface area contributed by atoms with Crippen molar-refractivity contribution in [3.8, 4) is 0 Å². The van der Waals surface area contributed by atoms with E-state index in [2.05, 4.69) is 67.8 Å². The number of aryl methyl sites for hydroxylation is 2. The fourth-order valence-electron chi connectivity index (χ4n) is 3.71. The maximum absolute atomic E-state index is 12.9. The monoisotopic (exact) mass is 426 g/mol. The first-order chi connectivity index (χ1) is 15.0. The fraction of sp³-hybridized carbons (Fsp3) is 0.148. The highest BCUT2D eigenvalue weighted by atomic mass is 32.1. The number of benzene rings is 3. The molecule has 0 aliphatic rings. The van der Waals surface area contributed by atoms with Gasteiger partial charge in [0.05, 0.1) is 6.04 Å². The first kappa shape index (κ1) is 20.9. The van der Waals surface area contributed by atoms with Crippen molar-refractivity contribution in [3.05, 3.63) is 118 Å². The number of para-hydroxylation sites is 1. The molecule has 1 heterocycles. The third kappa shape index (κ3) is 4.54. The Kier molecular flexibility index (Phi) is 6.19. The molecule has 1 amide bonds. The van der Waals surface area contributed by atoms with Crippen LogP contribution in [0.4, 0.5) is 10.7 Å². The molecule has 2 N–H and O–H groups in total. The first-order valence-electron chi connectivity index (χ1n) is 10.4. The van der Waals surface area contributed by atoms with Gasteiger partial charge in [-0.05, 0) is 55.7 Å². The van der Waals surface area contributed by atoms with E-state index >= 15 is 0 Å². The summed E-state index contributed by atoms with van der Waals surface area (Å²) in [5, 5.41) is 7.81. The maximum Gasteiger partial charge on any atom is 0.256 e. The molecular formula is C27H26N2OS. The summed E-state index contributed by atoms with van der Waals surface area (Å²) in [4.78, 5) is 14.1. The molecule has 0 aliphatic heterocycles. The highest BCUT2D eigenvalue weighted by molar-refractivity contribution is 7.16. The van der Waals surface area contributed by atoms with Crippen LogP contribution < -0.4 is 10.6 Å². The summed E-state index contributed by atoms with van der Waals surface area (Å²) >= 11 is 1.63. The Morgan fingerprint density at radius 1 is 0.806 bits per heavy atom. The molecule has 0 radical (unpaired) electrons. The van der Waals surface area contributed by atoms with Gasteiger partial charge in [-0.1, -0.05) is 66.7 Å². The zero-order valence-corrected chi connectivity index (χ0v) is 18.8. The Morgan fingerprint density at radius 3 is 2.10 bits per heavy atom. The van der Waals surface area contributed by atoms with Crippen molar-refractivity contribution in [2.24, 2.45) is 0 Å². The van der Waals surface area contributed by atoms with E-state index in [4.69, 9.17) is 0 Å². The van der Waals surface area contributed by atoms with E-state index in [-0.39, 0.29) is 11.9 Å². The highest BCUT2D eigenvalue weighted by Gasteiger charge is 2.25. The summed E-state index contributed by atoms with van der Waals surface area (Å²) in [5.74, 6) is -0.0918. The van der Waals surface area contributed by atoms with E-state index in [1.54, 1.807) is 11.3 Å². The van der Waals surface area contributed by atoms with Crippen LogP contribution in [0.5, 0.6) is 0 Å². The van der Waals surface area contributed by atoms with Crippen LogP contribution in [0.1, 0.15) is 43.5 Å². The predicted molar refractivity (Wildman–Crippen MR) is 131 cm³/mol. The molecule has 0 saturated heterocycles. The van der Waals surface area contributed by atoms with Crippen LogP contribution in [0.2, 0.25) is 0 Å². The zero-order valence-electron chi connectivity index (χ0n) is 18.0. The van der Waals surface area contributed by atoms with Gasteiger partial charge in [-0.2, -0.15) is 0 Å². The largest absolute Gasteiger partial charge is 0.374 e. The Bertz CT molecular complexity index is 1180. The number of carbonyl (C=O) groups is 1. The Hall–Kier alpha value is -3.37. The topological polar surface area (TPSA) is 41.1 Å². The second-order valence-corrected chi connectivity index (χ2v) is 8.87. The SMILES string of the molecule is Cc1ccccc1N[C@H](c1ccccc1)c1c(NC(=O)c2ccccc2)sc(C)c1C. The molecule has 0 fully saturated rings. The third-order valence-corrected chi connectivity index (χ3v) is 6.70. The number of amides is 1. The smallest absolute Gasteiger partial charge is 0.256 e. The lowest BCUT2D eigenvalue weighted by Crippen LogP contribution is -2.17. The third-order valence-electron chi connectivity index (χ3n) is 5.56. The number of nitrogens with one attached hydrogen (secondary N) is 2. The van der Waals surface area contributed by atoms with Gasteiger partial charge in [0.25, 0.3) is 5.91 Å². The molecule has 156 valence electrons. The van der Waals surface area contributed by atoms with Gasteiger partial charge in [0.1, 0.15) is 5.00 Å². The van der Waals surface area contributed by atoms with Crippen LogP contribution in [-0.2, 0) is 0 Å². The van der Waals surface area contributed by atoms with Crippen molar-refractivity contribution in [3.63, 3.8) is 0 Å². The van der Waals surface area contributed by atoms with E-state index in [1.165, 1.54) is 16.0 Å². The van der Waals surface area contributed by atoms with Crippen molar-refractivity contribution in [2.45, 2.75) is 26.8 Å². The Morgan fingerprint density at radius 2 is 1.42 bits per heavy atom. The van der Waals surface area contributed by atoms with Crippen LogP contribution in [-0.4, -0.2) is 5.91 Å². The molecule has 0 unspecified atom stereocenters. The summed E-state index contributed by atoms with van der Waals surface area (Å²) in [5.41, 5.74) is 6.38. The maximum atomic E-state index is 12.9. The van der Waals surface area contributed by atoms with E-state index in [0.29, 0.717) is 5.56 Å². The minimum Gasteiger partial charge on any atom is -0.374 e. The van der Waals surface area contributed by atoms with Crippen molar-refractivity contribution in [1.29, 1.82) is 0 Å². The van der Waals surface area contributed by atoms with Crippen LogP contribution in [0.25, 0.3) is 0 Å². The molecule has 0 aliphatic carbocycles. The molecule has 1 atom stereocenters. The number of carbonyl (C=O) groups excluding carboxylic acids is 1. The molecule has 1 aromatic heterocycles. The molecule has 3 nitrogen and oxygen atoms in total. The number of hydrogen-bond donors (Lipinski definition) is 2. The van der Waals surface area contributed by atoms with Gasteiger partial charge in [-0.15, -0.1) is 11.3 Å². The summed E-state index contributed by atoms with van der Waals surface area (Å²) in [6.07, 6.45) is 0. The van der Waals surface area contributed by atoms with Gasteiger partial charge in [0.15, 0.2) is 0 Å². The number of thiophene rings is 1. The van der Waals surface area contributed by atoms with E-state index in [0.717, 1.165) is 21.8 Å². The molecule has 31 heavy (non-hydrogen) atoms. The lowest BCUT2D eigenvalue weighted by atomic mass is 9.95. The van der Waals surface area contributed by atoms with Crippen molar-refractivity contribution in [2.75, 3.05) is 10.6 Å².